The van der Waals surface area contributed by atoms with Crippen LogP contribution in [0.5, 0.6) is 0 Å². The molecule has 1 saturated heterocycles. The molecule has 0 aromatic carbocycles. The Labute approximate surface area is 100 Å². The minimum absolute atomic E-state index is 0.166. The Kier molecular flexibility index (Phi) is 3.59. The van der Waals surface area contributed by atoms with Gasteiger partial charge in [-0.05, 0) is 12.8 Å². The van der Waals surface area contributed by atoms with Crippen LogP contribution in [0.15, 0.2) is 12.2 Å². The number of likely N-dealkylation sites (tertiary alicyclic amines) is 1. The van der Waals surface area contributed by atoms with Crippen LogP contribution < -0.4 is 0 Å². The van der Waals surface area contributed by atoms with E-state index in [-0.39, 0.29) is 36.9 Å². The van der Waals surface area contributed by atoms with Crippen molar-refractivity contribution in [3.05, 3.63) is 12.2 Å². The fourth-order valence-corrected chi connectivity index (χ4v) is 2.59. The van der Waals surface area contributed by atoms with Gasteiger partial charge in [-0.25, -0.2) is 0 Å². The van der Waals surface area contributed by atoms with Crippen molar-refractivity contribution >= 4 is 11.8 Å². The van der Waals surface area contributed by atoms with E-state index >= 15 is 0 Å². The van der Waals surface area contributed by atoms with Gasteiger partial charge in [0.1, 0.15) is 0 Å². The van der Waals surface area contributed by atoms with Gasteiger partial charge in [-0.1, -0.05) is 12.2 Å². The van der Waals surface area contributed by atoms with Crippen LogP contribution >= 0.6 is 0 Å². The molecule has 2 amide bonds. The molecule has 3 unspecified atom stereocenters. The Balaban J connectivity index is 2.19. The average Bonchev–Trinajstić information content (AvgIpc) is 2.61. The number of allylic oxidation sites excluding steroid dienone is 2. The summed E-state index contributed by atoms with van der Waals surface area (Å²) >= 11 is 0. The van der Waals surface area contributed by atoms with Crippen molar-refractivity contribution in [3.63, 3.8) is 0 Å². The fourth-order valence-electron chi connectivity index (χ4n) is 2.59. The number of methoxy groups -OCH3 is 1. The zero-order valence-electron chi connectivity index (χ0n) is 9.83. The highest BCUT2D eigenvalue weighted by atomic mass is 16.5. The molecule has 0 radical (unpaired) electrons. The summed E-state index contributed by atoms with van der Waals surface area (Å²) in [7, 11) is 1.49. The molecule has 5 heteroatoms. The van der Waals surface area contributed by atoms with Crippen LogP contribution in [0, 0.1) is 11.8 Å². The second-order valence-corrected chi connectivity index (χ2v) is 4.49. The van der Waals surface area contributed by atoms with Gasteiger partial charge in [-0.2, -0.15) is 0 Å². The number of aliphatic hydroxyl groups is 1. The van der Waals surface area contributed by atoms with Crippen LogP contribution in [0.2, 0.25) is 0 Å². The molecule has 5 nitrogen and oxygen atoms in total. The van der Waals surface area contributed by atoms with Crippen LogP contribution in [-0.4, -0.2) is 48.2 Å². The van der Waals surface area contributed by atoms with Gasteiger partial charge < -0.3 is 9.84 Å². The largest absolute Gasteiger partial charge is 0.394 e. The van der Waals surface area contributed by atoms with Gasteiger partial charge in [0.15, 0.2) is 0 Å². The highest BCUT2D eigenvalue weighted by Gasteiger charge is 2.49. The molecule has 0 aromatic rings. The first-order chi connectivity index (χ1) is 8.20. The first-order valence-corrected chi connectivity index (χ1v) is 5.82. The van der Waals surface area contributed by atoms with Gasteiger partial charge in [0.2, 0.25) is 11.8 Å². The summed E-state index contributed by atoms with van der Waals surface area (Å²) in [5, 5.41) is 9.24. The van der Waals surface area contributed by atoms with E-state index in [2.05, 4.69) is 0 Å². The summed E-state index contributed by atoms with van der Waals surface area (Å²) in [6.07, 6.45) is 5.13. The van der Waals surface area contributed by atoms with Crippen LogP contribution in [0.4, 0.5) is 0 Å². The molecule has 1 aliphatic heterocycles. The maximum Gasteiger partial charge on any atom is 0.233 e. The highest BCUT2D eigenvalue weighted by molar-refractivity contribution is 6.05. The van der Waals surface area contributed by atoms with Crippen molar-refractivity contribution in [2.75, 3.05) is 20.3 Å². The molecule has 1 aliphatic carbocycles. The van der Waals surface area contributed by atoms with E-state index in [1.165, 1.54) is 12.0 Å². The highest BCUT2D eigenvalue weighted by Crippen LogP contribution is 2.35. The van der Waals surface area contributed by atoms with Gasteiger partial charge in [-0.15, -0.1) is 0 Å². The zero-order valence-corrected chi connectivity index (χ0v) is 9.83. The third kappa shape index (κ3) is 2.00. The summed E-state index contributed by atoms with van der Waals surface area (Å²) in [5.74, 6) is -0.808. The Morgan fingerprint density at radius 2 is 1.88 bits per heavy atom. The number of carbonyl (C=O) groups is 2. The van der Waals surface area contributed by atoms with E-state index in [9.17, 15) is 14.7 Å². The molecular weight excluding hydrogens is 222 g/mol. The minimum Gasteiger partial charge on any atom is -0.394 e. The number of fused-ring (bicyclic) bond motifs is 1. The predicted molar refractivity (Wildman–Crippen MR) is 60.0 cm³/mol. The average molecular weight is 239 g/mol. The van der Waals surface area contributed by atoms with E-state index in [0.29, 0.717) is 12.8 Å². The summed E-state index contributed by atoms with van der Waals surface area (Å²) < 4.78 is 4.94. The van der Waals surface area contributed by atoms with Crippen LogP contribution in [0.1, 0.15) is 12.8 Å². The maximum absolute atomic E-state index is 12.1. The van der Waals surface area contributed by atoms with Crippen LogP contribution in [0.25, 0.3) is 0 Å². The summed E-state index contributed by atoms with van der Waals surface area (Å²) in [6.45, 7) is -0.0704. The number of nitrogens with zero attached hydrogens (tertiary/aromatic N) is 1. The molecule has 94 valence electrons. The first kappa shape index (κ1) is 12.3. The standard InChI is InChI=1S/C12H17NO4/c1-17-7-8(6-14)13-11(15)9-4-2-3-5-10(9)12(13)16/h2-3,8-10,14H,4-7H2,1H3. The number of aliphatic hydroxyl groups excluding tert-OH is 1. The molecule has 0 bridgehead atoms. The van der Waals surface area contributed by atoms with Gasteiger partial charge in [0.05, 0.1) is 31.1 Å². The predicted octanol–water partition coefficient (Wildman–Crippen LogP) is -0.0551. The Hall–Kier alpha value is -1.20. The van der Waals surface area contributed by atoms with Crippen LogP contribution in [0.3, 0.4) is 0 Å². The second-order valence-electron chi connectivity index (χ2n) is 4.49. The van der Waals surface area contributed by atoms with Crippen molar-refractivity contribution in [1.82, 2.24) is 4.90 Å². The lowest BCUT2D eigenvalue weighted by Crippen LogP contribution is -2.45. The lowest BCUT2D eigenvalue weighted by molar-refractivity contribution is -0.145. The Morgan fingerprint density at radius 3 is 2.29 bits per heavy atom. The minimum atomic E-state index is -0.550. The Morgan fingerprint density at radius 1 is 1.35 bits per heavy atom. The first-order valence-electron chi connectivity index (χ1n) is 5.82. The number of amides is 2. The number of carbonyl (C=O) groups excluding carboxylic acids is 2. The Bertz CT molecular complexity index is 326. The van der Waals surface area contributed by atoms with Crippen molar-refractivity contribution in [2.45, 2.75) is 18.9 Å². The number of ether oxygens (including phenoxy) is 1. The number of rotatable bonds is 4. The molecule has 1 N–H and O–H groups in total. The van der Waals surface area contributed by atoms with Crippen molar-refractivity contribution in [1.29, 1.82) is 0 Å². The molecule has 1 heterocycles. The molecule has 1 fully saturated rings. The lowest BCUT2D eigenvalue weighted by atomic mass is 9.85. The summed E-state index contributed by atoms with van der Waals surface area (Å²) in [6, 6.07) is -0.550. The SMILES string of the molecule is COCC(CO)N1C(=O)C2CC=CCC2C1=O. The lowest BCUT2D eigenvalue weighted by Gasteiger charge is -2.24. The van der Waals surface area contributed by atoms with Crippen molar-refractivity contribution < 1.29 is 19.4 Å². The maximum atomic E-state index is 12.1. The monoisotopic (exact) mass is 239 g/mol. The fraction of sp³-hybridized carbons (Fsp3) is 0.667. The molecule has 2 rings (SSSR count). The molecule has 17 heavy (non-hydrogen) atoms. The molecular formula is C12H17NO4. The smallest absolute Gasteiger partial charge is 0.233 e. The normalized spacial score (nSPS) is 29.6. The van der Waals surface area contributed by atoms with Gasteiger partial charge >= 0.3 is 0 Å². The number of hydrogen-bond acceptors (Lipinski definition) is 4. The second kappa shape index (κ2) is 4.98. The molecule has 0 spiro atoms. The van der Waals surface area contributed by atoms with E-state index in [0.717, 1.165) is 0 Å². The third-order valence-corrected chi connectivity index (χ3v) is 3.48. The molecule has 0 saturated carbocycles. The van der Waals surface area contributed by atoms with Gasteiger partial charge in [0.25, 0.3) is 0 Å². The van der Waals surface area contributed by atoms with Gasteiger partial charge in [0, 0.05) is 7.11 Å². The topological polar surface area (TPSA) is 66.8 Å². The summed E-state index contributed by atoms with van der Waals surface area (Å²) in [5.41, 5.74) is 0. The number of imide groups is 1. The zero-order chi connectivity index (χ0) is 12.4. The van der Waals surface area contributed by atoms with E-state index in [1.54, 1.807) is 0 Å². The van der Waals surface area contributed by atoms with Crippen LogP contribution in [-0.2, 0) is 14.3 Å². The molecule has 3 atom stereocenters. The quantitative estimate of drug-likeness (QED) is 0.551. The van der Waals surface area contributed by atoms with E-state index in [4.69, 9.17) is 4.74 Å². The third-order valence-electron chi connectivity index (χ3n) is 3.48. The molecule has 2 aliphatic rings. The number of hydrogen-bond donors (Lipinski definition) is 1. The summed E-state index contributed by atoms with van der Waals surface area (Å²) in [4.78, 5) is 25.5. The van der Waals surface area contributed by atoms with Crippen molar-refractivity contribution in [2.24, 2.45) is 11.8 Å². The van der Waals surface area contributed by atoms with E-state index in [1.807, 2.05) is 12.2 Å². The molecule has 0 aromatic heterocycles. The van der Waals surface area contributed by atoms with Crippen molar-refractivity contribution in [3.8, 4) is 0 Å². The van der Waals surface area contributed by atoms with E-state index < -0.39 is 6.04 Å². The van der Waals surface area contributed by atoms with Gasteiger partial charge in [-0.3, -0.25) is 14.5 Å².